The van der Waals surface area contributed by atoms with Gasteiger partial charge in [0.15, 0.2) is 5.72 Å². The summed E-state index contributed by atoms with van der Waals surface area (Å²) in [4.78, 5) is 41.7. The second-order valence-electron chi connectivity index (χ2n) is 7.86. The first-order valence-electron chi connectivity index (χ1n) is 10.3. The van der Waals surface area contributed by atoms with Gasteiger partial charge in [-0.05, 0) is 19.1 Å². The van der Waals surface area contributed by atoms with Gasteiger partial charge >= 0.3 is 0 Å². The largest absolute Gasteiger partial charge is 0.497 e. The molecule has 3 amide bonds. The minimum absolute atomic E-state index is 0.0775. The molecule has 0 bridgehead atoms. The van der Waals surface area contributed by atoms with Gasteiger partial charge in [0.25, 0.3) is 5.91 Å². The lowest BCUT2D eigenvalue weighted by Crippen LogP contribution is -2.57. The molecule has 30 heavy (non-hydrogen) atoms. The number of morpholine rings is 1. The zero-order valence-electron chi connectivity index (χ0n) is 17.3. The molecule has 0 aliphatic carbocycles. The Morgan fingerprint density at radius 1 is 1.20 bits per heavy atom. The third kappa shape index (κ3) is 3.81. The smallest absolute Gasteiger partial charge is 0.258 e. The van der Waals surface area contributed by atoms with E-state index in [2.05, 4.69) is 5.32 Å². The SMILES string of the molecule is COc1ccc2c(c1)OC1(CCC(=O)N(C(C)C(=O)N3CCOCC3)CC1)NC2=O. The second kappa shape index (κ2) is 8.14. The summed E-state index contributed by atoms with van der Waals surface area (Å²) < 4.78 is 16.8. The van der Waals surface area contributed by atoms with Crippen molar-refractivity contribution in [3.8, 4) is 11.5 Å². The molecule has 2 saturated heterocycles. The number of hydrogen-bond acceptors (Lipinski definition) is 6. The van der Waals surface area contributed by atoms with Gasteiger partial charge in [0, 0.05) is 45.0 Å². The van der Waals surface area contributed by atoms with Crippen LogP contribution < -0.4 is 14.8 Å². The number of carbonyl (C=O) groups is 3. The minimum atomic E-state index is -0.984. The summed E-state index contributed by atoms with van der Waals surface area (Å²) in [6.45, 7) is 4.17. The lowest BCUT2D eigenvalue weighted by Gasteiger charge is -2.39. The average molecular weight is 417 g/mol. The molecule has 1 spiro atoms. The number of methoxy groups -OCH3 is 1. The lowest BCUT2D eigenvalue weighted by molar-refractivity contribution is -0.147. The minimum Gasteiger partial charge on any atom is -0.497 e. The van der Waals surface area contributed by atoms with E-state index in [4.69, 9.17) is 14.2 Å². The Hall–Kier alpha value is -2.81. The quantitative estimate of drug-likeness (QED) is 0.781. The molecule has 3 heterocycles. The van der Waals surface area contributed by atoms with Crippen LogP contribution in [-0.2, 0) is 14.3 Å². The third-order valence-electron chi connectivity index (χ3n) is 6.05. The molecule has 4 rings (SSSR count). The molecular formula is C21H27N3O6. The number of benzene rings is 1. The van der Waals surface area contributed by atoms with Crippen LogP contribution >= 0.6 is 0 Å². The van der Waals surface area contributed by atoms with Crippen molar-refractivity contribution < 1.29 is 28.6 Å². The molecule has 1 N–H and O–H groups in total. The van der Waals surface area contributed by atoms with Gasteiger partial charge in [-0.3, -0.25) is 14.4 Å². The van der Waals surface area contributed by atoms with E-state index in [1.54, 1.807) is 42.0 Å². The number of nitrogens with one attached hydrogen (secondary N) is 1. The van der Waals surface area contributed by atoms with Crippen molar-refractivity contribution >= 4 is 17.7 Å². The van der Waals surface area contributed by atoms with Gasteiger partial charge in [-0.1, -0.05) is 0 Å². The van der Waals surface area contributed by atoms with Gasteiger partial charge in [0.2, 0.25) is 11.8 Å². The van der Waals surface area contributed by atoms with Crippen LogP contribution in [0.3, 0.4) is 0 Å². The molecule has 9 heteroatoms. The summed E-state index contributed by atoms with van der Waals surface area (Å²) in [5.74, 6) is 0.602. The van der Waals surface area contributed by atoms with Crippen molar-refractivity contribution in [2.24, 2.45) is 0 Å². The molecule has 3 aliphatic heterocycles. The Kier molecular flexibility index (Phi) is 5.55. The van der Waals surface area contributed by atoms with E-state index in [0.717, 1.165) is 0 Å². The van der Waals surface area contributed by atoms with Crippen LogP contribution in [0.1, 0.15) is 36.5 Å². The van der Waals surface area contributed by atoms with E-state index in [9.17, 15) is 14.4 Å². The summed E-state index contributed by atoms with van der Waals surface area (Å²) in [5, 5.41) is 2.95. The molecule has 1 aromatic carbocycles. The predicted molar refractivity (Wildman–Crippen MR) is 106 cm³/mol. The number of fused-ring (bicyclic) bond motifs is 1. The highest BCUT2D eigenvalue weighted by atomic mass is 16.5. The first-order chi connectivity index (χ1) is 14.4. The number of carbonyl (C=O) groups excluding carboxylic acids is 3. The zero-order chi connectivity index (χ0) is 21.3. The van der Waals surface area contributed by atoms with Crippen LogP contribution in [-0.4, -0.2) is 79.2 Å². The summed E-state index contributed by atoms with van der Waals surface area (Å²) in [6, 6.07) is 4.48. The van der Waals surface area contributed by atoms with Crippen LogP contribution in [0.25, 0.3) is 0 Å². The van der Waals surface area contributed by atoms with Crippen LogP contribution in [0.15, 0.2) is 18.2 Å². The monoisotopic (exact) mass is 417 g/mol. The highest BCUT2D eigenvalue weighted by Crippen LogP contribution is 2.36. The fraction of sp³-hybridized carbons (Fsp3) is 0.571. The Morgan fingerprint density at radius 3 is 2.70 bits per heavy atom. The van der Waals surface area contributed by atoms with Gasteiger partial charge in [-0.25, -0.2) is 0 Å². The molecule has 2 unspecified atom stereocenters. The molecule has 2 fully saturated rings. The van der Waals surface area contributed by atoms with Gasteiger partial charge in [-0.15, -0.1) is 0 Å². The molecule has 0 radical (unpaired) electrons. The highest BCUT2D eigenvalue weighted by Gasteiger charge is 2.44. The molecule has 162 valence electrons. The third-order valence-corrected chi connectivity index (χ3v) is 6.05. The first kappa shape index (κ1) is 20.5. The molecular weight excluding hydrogens is 390 g/mol. The summed E-state index contributed by atoms with van der Waals surface area (Å²) in [5.41, 5.74) is -0.549. The number of nitrogens with zero attached hydrogens (tertiary/aromatic N) is 2. The zero-order valence-corrected chi connectivity index (χ0v) is 17.3. The Morgan fingerprint density at radius 2 is 1.97 bits per heavy atom. The summed E-state index contributed by atoms with van der Waals surface area (Å²) in [7, 11) is 1.55. The fourth-order valence-electron chi connectivity index (χ4n) is 4.23. The summed E-state index contributed by atoms with van der Waals surface area (Å²) >= 11 is 0. The van der Waals surface area contributed by atoms with E-state index in [0.29, 0.717) is 62.8 Å². The maximum Gasteiger partial charge on any atom is 0.258 e. The average Bonchev–Trinajstić information content (AvgIpc) is 2.92. The van der Waals surface area contributed by atoms with Gasteiger partial charge in [0.1, 0.15) is 17.5 Å². The molecule has 0 saturated carbocycles. The Bertz CT molecular complexity index is 853. The van der Waals surface area contributed by atoms with E-state index < -0.39 is 11.8 Å². The normalized spacial score (nSPS) is 25.1. The number of hydrogen-bond donors (Lipinski definition) is 1. The molecule has 1 aromatic rings. The van der Waals surface area contributed by atoms with E-state index in [1.807, 2.05) is 0 Å². The van der Waals surface area contributed by atoms with Crippen LogP contribution in [0.5, 0.6) is 11.5 Å². The standard InChI is InChI=1S/C21H27N3O6/c1-14(20(27)23-9-11-29-12-10-23)24-8-7-21(6-5-18(24)25)22-19(26)16-4-3-15(28-2)13-17(16)30-21/h3-4,13-14H,5-12H2,1-2H3,(H,22,26). The van der Waals surface area contributed by atoms with Gasteiger partial charge < -0.3 is 29.3 Å². The number of amides is 3. The van der Waals surface area contributed by atoms with Crippen molar-refractivity contribution in [1.29, 1.82) is 0 Å². The van der Waals surface area contributed by atoms with E-state index in [-0.39, 0.29) is 24.1 Å². The van der Waals surface area contributed by atoms with Crippen molar-refractivity contribution in [3.05, 3.63) is 23.8 Å². The van der Waals surface area contributed by atoms with Crippen molar-refractivity contribution in [2.45, 2.75) is 38.0 Å². The van der Waals surface area contributed by atoms with Gasteiger partial charge in [0.05, 0.1) is 25.9 Å². The highest BCUT2D eigenvalue weighted by molar-refractivity contribution is 5.98. The van der Waals surface area contributed by atoms with Crippen LogP contribution in [0.4, 0.5) is 0 Å². The summed E-state index contributed by atoms with van der Waals surface area (Å²) in [6.07, 6.45) is 0.908. The maximum absolute atomic E-state index is 12.9. The Balaban J connectivity index is 1.50. The molecule has 0 aromatic heterocycles. The molecule has 3 aliphatic rings. The van der Waals surface area contributed by atoms with E-state index >= 15 is 0 Å². The van der Waals surface area contributed by atoms with Crippen molar-refractivity contribution in [3.63, 3.8) is 0 Å². The number of rotatable bonds is 3. The van der Waals surface area contributed by atoms with Crippen molar-refractivity contribution in [1.82, 2.24) is 15.1 Å². The predicted octanol–water partition coefficient (Wildman–Crippen LogP) is 0.774. The Labute approximate surface area is 175 Å². The van der Waals surface area contributed by atoms with E-state index in [1.165, 1.54) is 0 Å². The number of ether oxygens (including phenoxy) is 3. The molecule has 9 nitrogen and oxygen atoms in total. The van der Waals surface area contributed by atoms with Crippen molar-refractivity contribution in [2.75, 3.05) is 40.0 Å². The van der Waals surface area contributed by atoms with Crippen LogP contribution in [0, 0.1) is 0 Å². The lowest BCUT2D eigenvalue weighted by atomic mass is 10.00. The second-order valence-corrected chi connectivity index (χ2v) is 7.86. The van der Waals surface area contributed by atoms with Crippen LogP contribution in [0.2, 0.25) is 0 Å². The first-order valence-corrected chi connectivity index (χ1v) is 10.3. The fourth-order valence-corrected chi connectivity index (χ4v) is 4.23. The van der Waals surface area contributed by atoms with Gasteiger partial charge in [-0.2, -0.15) is 0 Å². The topological polar surface area (TPSA) is 97.4 Å². The molecule has 2 atom stereocenters. The maximum atomic E-state index is 12.9. The number of likely N-dealkylation sites (tertiary alicyclic amines) is 1.